The van der Waals surface area contributed by atoms with Crippen molar-refractivity contribution in [1.29, 1.82) is 0 Å². The molecule has 40 heavy (non-hydrogen) atoms. The Labute approximate surface area is 235 Å². The molecule has 0 saturated heterocycles. The fraction of sp³-hybridized carbons (Fsp3) is 0.105. The van der Waals surface area contributed by atoms with E-state index in [0.29, 0.717) is 0 Å². The van der Waals surface area contributed by atoms with Crippen LogP contribution in [-0.2, 0) is 0 Å². The molecule has 0 aliphatic carbocycles. The Morgan fingerprint density at radius 2 is 1.25 bits per heavy atom. The summed E-state index contributed by atoms with van der Waals surface area (Å²) in [6.45, 7) is 9.34. The summed E-state index contributed by atoms with van der Waals surface area (Å²) in [6, 6.07) is 37.0. The normalized spacial score (nSPS) is 13.4. The van der Waals surface area contributed by atoms with E-state index in [2.05, 4.69) is 130 Å². The number of fused-ring (bicyclic) bond motifs is 5. The van der Waals surface area contributed by atoms with Gasteiger partial charge in [0.1, 0.15) is 0 Å². The van der Waals surface area contributed by atoms with Crippen molar-refractivity contribution in [2.24, 2.45) is 0 Å². The summed E-state index contributed by atoms with van der Waals surface area (Å²) in [4.78, 5) is 2.55. The van der Waals surface area contributed by atoms with Crippen molar-refractivity contribution >= 4 is 72.5 Å². The van der Waals surface area contributed by atoms with Crippen LogP contribution in [0.5, 0.6) is 0 Å². The number of hydrogen-bond donors (Lipinski definition) is 0. The Morgan fingerprint density at radius 3 is 2.08 bits per heavy atom. The topological polar surface area (TPSA) is 3.24 Å². The number of hydrogen-bond acceptors (Lipinski definition) is 1. The van der Waals surface area contributed by atoms with Crippen molar-refractivity contribution in [2.45, 2.75) is 27.7 Å². The maximum Gasteiger partial charge on any atom is 0.248 e. The molecule has 0 fully saturated rings. The molecule has 0 saturated carbocycles. The molecular weight excluding hydrogens is 481 g/mol. The van der Waals surface area contributed by atoms with Crippen LogP contribution in [0.4, 0.5) is 17.1 Å². The second kappa shape index (κ2) is 7.55. The number of rotatable bonds is 1. The first kappa shape index (κ1) is 22.3. The Kier molecular flexibility index (Phi) is 4.20. The quantitative estimate of drug-likeness (QED) is 0.160. The average Bonchev–Trinajstić information content (AvgIpc) is 3.30. The van der Waals surface area contributed by atoms with E-state index in [4.69, 9.17) is 0 Å². The Morgan fingerprint density at radius 1 is 0.550 bits per heavy atom. The molecular formula is C38H28BN. The summed E-state index contributed by atoms with van der Waals surface area (Å²) < 4.78 is 0. The lowest BCUT2D eigenvalue weighted by Crippen LogP contribution is -2.54. The van der Waals surface area contributed by atoms with Gasteiger partial charge in [0, 0.05) is 16.8 Å². The molecule has 9 rings (SSSR count). The molecule has 0 atom stereocenters. The van der Waals surface area contributed by atoms with Crippen LogP contribution in [-0.4, -0.2) is 6.71 Å². The van der Waals surface area contributed by atoms with Gasteiger partial charge in [0.2, 0.25) is 6.71 Å². The number of aryl methyl sites for hydroxylation is 2. The van der Waals surface area contributed by atoms with Crippen molar-refractivity contribution in [3.63, 3.8) is 0 Å². The number of nitrogens with zero attached hydrogens (tertiary/aromatic N) is 1. The summed E-state index contributed by atoms with van der Waals surface area (Å²) in [5, 5.41) is 7.95. The third-order valence-electron chi connectivity index (χ3n) is 9.86. The zero-order chi connectivity index (χ0) is 26.9. The third kappa shape index (κ3) is 2.64. The minimum atomic E-state index is 0.255. The van der Waals surface area contributed by atoms with Gasteiger partial charge >= 0.3 is 0 Å². The lowest BCUT2D eigenvalue weighted by molar-refractivity contribution is 1.28. The maximum absolute atomic E-state index is 2.55. The van der Waals surface area contributed by atoms with Crippen molar-refractivity contribution in [3.8, 4) is 11.1 Å². The van der Waals surface area contributed by atoms with Crippen LogP contribution in [0, 0.1) is 27.7 Å². The summed E-state index contributed by atoms with van der Waals surface area (Å²) in [6.07, 6.45) is 0. The summed E-state index contributed by atoms with van der Waals surface area (Å²) >= 11 is 0. The van der Waals surface area contributed by atoms with Crippen LogP contribution in [0.1, 0.15) is 22.3 Å². The predicted molar refractivity (Wildman–Crippen MR) is 174 cm³/mol. The molecule has 0 spiro atoms. The van der Waals surface area contributed by atoms with Gasteiger partial charge in [-0.3, -0.25) is 0 Å². The Hall–Kier alpha value is -4.56. The van der Waals surface area contributed by atoms with Gasteiger partial charge in [-0.05, 0) is 112 Å². The molecule has 188 valence electrons. The molecule has 1 nitrogen and oxygen atoms in total. The van der Waals surface area contributed by atoms with Crippen molar-refractivity contribution in [1.82, 2.24) is 0 Å². The first-order valence-electron chi connectivity index (χ1n) is 14.3. The van der Waals surface area contributed by atoms with E-state index in [1.807, 2.05) is 0 Å². The molecule has 2 heteroatoms. The largest absolute Gasteiger partial charge is 0.311 e. The van der Waals surface area contributed by atoms with E-state index in [1.165, 1.54) is 99.1 Å². The molecule has 0 unspecified atom stereocenters. The van der Waals surface area contributed by atoms with Crippen LogP contribution in [0.2, 0.25) is 0 Å². The summed E-state index contributed by atoms with van der Waals surface area (Å²) in [5.74, 6) is 0. The van der Waals surface area contributed by atoms with Crippen molar-refractivity contribution in [2.75, 3.05) is 4.90 Å². The molecule has 0 N–H and O–H groups in total. The van der Waals surface area contributed by atoms with Gasteiger partial charge in [0.05, 0.1) is 5.69 Å². The smallest absolute Gasteiger partial charge is 0.248 e. The van der Waals surface area contributed by atoms with Crippen molar-refractivity contribution in [3.05, 3.63) is 119 Å². The second-order valence-electron chi connectivity index (χ2n) is 11.9. The molecule has 0 amide bonds. The highest BCUT2D eigenvalue weighted by Gasteiger charge is 2.43. The SMILES string of the molecule is Cc1ccc2c(c1)B1c3cc(C)c(C)c(C)c3-c3cccc(c31)N2c1ccc2ccc3cccc4ccc1c2c34. The number of anilines is 3. The van der Waals surface area contributed by atoms with Crippen molar-refractivity contribution < 1.29 is 0 Å². The fourth-order valence-electron chi connectivity index (χ4n) is 7.86. The van der Waals surface area contributed by atoms with Crippen LogP contribution in [0.25, 0.3) is 43.4 Å². The monoisotopic (exact) mass is 509 g/mol. The lowest BCUT2D eigenvalue weighted by atomic mass is 9.37. The van der Waals surface area contributed by atoms with Gasteiger partial charge in [0.25, 0.3) is 0 Å². The third-order valence-corrected chi connectivity index (χ3v) is 9.86. The predicted octanol–water partition coefficient (Wildman–Crippen LogP) is 8.10. The van der Waals surface area contributed by atoms with Gasteiger partial charge in [0.15, 0.2) is 0 Å². The Bertz CT molecular complexity index is 2210. The molecule has 2 heterocycles. The van der Waals surface area contributed by atoms with E-state index in [9.17, 15) is 0 Å². The highest BCUT2D eigenvalue weighted by atomic mass is 15.2. The highest BCUT2D eigenvalue weighted by molar-refractivity contribution is 7.01. The van der Waals surface area contributed by atoms with E-state index < -0.39 is 0 Å². The summed E-state index contributed by atoms with van der Waals surface area (Å²) in [5.41, 5.74) is 16.5. The Balaban J connectivity index is 1.41. The first-order valence-corrected chi connectivity index (χ1v) is 14.3. The number of benzene rings is 7. The fourth-order valence-corrected chi connectivity index (χ4v) is 7.86. The standard InChI is InChI=1S/C38H28BN/c1-21-11-17-33-30(19-21)39-31-20-22(2)23(3)24(4)35(31)29-9-6-10-34(38(29)39)40(33)32-18-15-27-13-12-25-7-5-8-26-14-16-28(32)37(27)36(25)26/h5-20H,1-4H3. The van der Waals surface area contributed by atoms with Gasteiger partial charge < -0.3 is 4.90 Å². The summed E-state index contributed by atoms with van der Waals surface area (Å²) in [7, 11) is 0. The van der Waals surface area contributed by atoms with Gasteiger partial charge in [-0.15, -0.1) is 0 Å². The lowest BCUT2D eigenvalue weighted by Gasteiger charge is -2.37. The molecule has 7 aromatic carbocycles. The van der Waals surface area contributed by atoms with Crippen LogP contribution in [0.3, 0.4) is 0 Å². The molecule has 0 bridgehead atoms. The zero-order valence-corrected chi connectivity index (χ0v) is 23.3. The first-order chi connectivity index (χ1) is 19.5. The molecule has 2 aliphatic rings. The minimum Gasteiger partial charge on any atom is -0.311 e. The van der Waals surface area contributed by atoms with E-state index >= 15 is 0 Å². The van der Waals surface area contributed by atoms with Crippen LogP contribution < -0.4 is 21.3 Å². The maximum atomic E-state index is 2.55. The average molecular weight is 509 g/mol. The molecule has 7 aromatic rings. The van der Waals surface area contributed by atoms with Gasteiger partial charge in [-0.25, -0.2) is 0 Å². The highest BCUT2D eigenvalue weighted by Crippen LogP contribution is 2.46. The van der Waals surface area contributed by atoms with Gasteiger partial charge in [-0.2, -0.15) is 0 Å². The van der Waals surface area contributed by atoms with E-state index in [0.717, 1.165) is 0 Å². The zero-order valence-electron chi connectivity index (χ0n) is 23.3. The van der Waals surface area contributed by atoms with Gasteiger partial charge in [-0.1, -0.05) is 89.9 Å². The molecule has 0 aromatic heterocycles. The molecule has 2 aliphatic heterocycles. The van der Waals surface area contributed by atoms with E-state index in [-0.39, 0.29) is 6.71 Å². The minimum absolute atomic E-state index is 0.255. The van der Waals surface area contributed by atoms with Crippen LogP contribution in [0.15, 0.2) is 97.1 Å². The molecule has 0 radical (unpaired) electrons. The van der Waals surface area contributed by atoms with Crippen LogP contribution >= 0.6 is 0 Å². The second-order valence-corrected chi connectivity index (χ2v) is 11.9. The van der Waals surface area contributed by atoms with E-state index in [1.54, 1.807) is 0 Å².